The summed E-state index contributed by atoms with van der Waals surface area (Å²) >= 11 is 0. The number of fused-ring (bicyclic) bond motifs is 1. The van der Waals surface area contributed by atoms with Crippen molar-refractivity contribution in [2.75, 3.05) is 19.7 Å². The summed E-state index contributed by atoms with van der Waals surface area (Å²) in [5, 5.41) is 0. The molecule has 0 N–H and O–H groups in total. The van der Waals surface area contributed by atoms with Crippen molar-refractivity contribution in [3.05, 3.63) is 41.7 Å². The molecule has 120 valence electrons. The first-order valence-corrected chi connectivity index (χ1v) is 8.10. The Morgan fingerprint density at radius 3 is 3.13 bits per heavy atom. The lowest BCUT2D eigenvalue weighted by Gasteiger charge is -2.19. The van der Waals surface area contributed by atoms with Crippen LogP contribution in [0, 0.1) is 0 Å². The number of hydrogen-bond acceptors (Lipinski definition) is 4. The van der Waals surface area contributed by atoms with E-state index in [1.165, 1.54) is 0 Å². The highest BCUT2D eigenvalue weighted by Gasteiger charge is 2.31. The van der Waals surface area contributed by atoms with E-state index >= 15 is 0 Å². The highest BCUT2D eigenvalue weighted by molar-refractivity contribution is 5.92. The number of aromatic nitrogens is 3. The van der Waals surface area contributed by atoms with Crippen LogP contribution < -0.4 is 4.74 Å². The number of nitrogens with zero attached hydrogens (tertiary/aromatic N) is 4. The number of aryl methyl sites for hydroxylation is 2. The zero-order valence-corrected chi connectivity index (χ0v) is 13.2. The molecule has 1 saturated heterocycles. The van der Waals surface area contributed by atoms with Gasteiger partial charge in [-0.2, -0.15) is 0 Å². The van der Waals surface area contributed by atoms with Gasteiger partial charge in [-0.3, -0.25) is 4.79 Å². The van der Waals surface area contributed by atoms with Gasteiger partial charge in [0.2, 0.25) is 0 Å². The number of carbonyl (C=O) groups is 1. The Hall–Kier alpha value is -2.37. The highest BCUT2D eigenvalue weighted by atomic mass is 16.5. The molecule has 2 aromatic heterocycles. The second-order valence-corrected chi connectivity index (χ2v) is 6.26. The summed E-state index contributed by atoms with van der Waals surface area (Å²) in [6, 6.07) is 1.89. The van der Waals surface area contributed by atoms with E-state index in [9.17, 15) is 4.79 Å². The molecule has 2 aliphatic rings. The van der Waals surface area contributed by atoms with Crippen LogP contribution in [-0.2, 0) is 13.5 Å². The monoisotopic (exact) mass is 312 g/mol. The minimum atomic E-state index is 0.00934. The number of amides is 1. The van der Waals surface area contributed by atoms with Crippen molar-refractivity contribution in [3.63, 3.8) is 0 Å². The van der Waals surface area contributed by atoms with Crippen molar-refractivity contribution in [2.24, 2.45) is 7.05 Å². The smallest absolute Gasteiger partial charge is 0.272 e. The lowest BCUT2D eigenvalue weighted by Crippen LogP contribution is -2.29. The van der Waals surface area contributed by atoms with E-state index in [-0.39, 0.29) is 5.91 Å². The Morgan fingerprint density at radius 1 is 1.39 bits per heavy atom. The van der Waals surface area contributed by atoms with Crippen molar-refractivity contribution < 1.29 is 9.53 Å². The Balaban J connectivity index is 1.51. The number of likely N-dealkylation sites (tertiary alicyclic amines) is 1. The van der Waals surface area contributed by atoms with E-state index < -0.39 is 0 Å². The van der Waals surface area contributed by atoms with Crippen LogP contribution in [0.15, 0.2) is 24.7 Å². The molecular weight excluding hydrogens is 292 g/mol. The average molecular weight is 312 g/mol. The molecule has 2 aliphatic heterocycles. The van der Waals surface area contributed by atoms with Gasteiger partial charge < -0.3 is 14.2 Å². The molecule has 4 heterocycles. The van der Waals surface area contributed by atoms with E-state index in [1.807, 2.05) is 35.0 Å². The van der Waals surface area contributed by atoms with Crippen LogP contribution >= 0.6 is 0 Å². The molecule has 1 fully saturated rings. The third-order valence-corrected chi connectivity index (χ3v) is 4.71. The van der Waals surface area contributed by atoms with Gasteiger partial charge in [0, 0.05) is 38.4 Å². The van der Waals surface area contributed by atoms with Crippen LogP contribution in [0.5, 0.6) is 5.75 Å². The Kier molecular flexibility index (Phi) is 3.52. The second-order valence-electron chi connectivity index (χ2n) is 6.26. The quantitative estimate of drug-likeness (QED) is 0.848. The minimum absolute atomic E-state index is 0.00934. The molecule has 0 radical (unpaired) electrons. The topological polar surface area (TPSA) is 60.2 Å². The van der Waals surface area contributed by atoms with Gasteiger partial charge in [0.1, 0.15) is 17.3 Å². The van der Waals surface area contributed by atoms with Gasteiger partial charge in [-0.15, -0.1) is 0 Å². The summed E-state index contributed by atoms with van der Waals surface area (Å²) in [6.07, 6.45) is 8.35. The number of hydrogen-bond donors (Lipinski definition) is 0. The predicted octanol–water partition coefficient (Wildman–Crippen LogP) is 1.77. The predicted molar refractivity (Wildman–Crippen MR) is 84.5 cm³/mol. The van der Waals surface area contributed by atoms with E-state index in [1.54, 1.807) is 6.20 Å². The lowest BCUT2D eigenvalue weighted by molar-refractivity contribution is 0.0784. The first kappa shape index (κ1) is 14.2. The summed E-state index contributed by atoms with van der Waals surface area (Å²) in [5.41, 5.74) is 1.61. The Bertz CT molecular complexity index is 740. The summed E-state index contributed by atoms with van der Waals surface area (Å²) in [4.78, 5) is 23.3. The molecule has 0 saturated carbocycles. The first-order valence-electron chi connectivity index (χ1n) is 8.10. The molecule has 0 bridgehead atoms. The normalized spacial score (nSPS) is 20.2. The largest absolute Gasteiger partial charge is 0.492 e. The zero-order chi connectivity index (χ0) is 15.8. The summed E-state index contributed by atoms with van der Waals surface area (Å²) in [7, 11) is 2.00. The maximum absolute atomic E-state index is 12.7. The van der Waals surface area contributed by atoms with E-state index in [0.29, 0.717) is 18.2 Å². The highest BCUT2D eigenvalue weighted by Crippen LogP contribution is 2.28. The molecule has 2 aromatic rings. The molecule has 4 rings (SSSR count). The maximum Gasteiger partial charge on any atom is 0.272 e. The van der Waals surface area contributed by atoms with Gasteiger partial charge in [0.25, 0.3) is 5.91 Å². The summed E-state index contributed by atoms with van der Waals surface area (Å²) < 4.78 is 7.60. The van der Waals surface area contributed by atoms with Crippen LogP contribution in [0.1, 0.15) is 40.6 Å². The Morgan fingerprint density at radius 2 is 2.30 bits per heavy atom. The number of ether oxygens (including phenoxy) is 1. The van der Waals surface area contributed by atoms with Crippen molar-refractivity contribution in [1.29, 1.82) is 0 Å². The molecule has 0 aliphatic carbocycles. The van der Waals surface area contributed by atoms with Gasteiger partial charge in [0.05, 0.1) is 12.8 Å². The number of pyridine rings is 1. The van der Waals surface area contributed by atoms with E-state index in [2.05, 4.69) is 9.97 Å². The molecular formula is C17H20N4O2. The van der Waals surface area contributed by atoms with E-state index in [4.69, 9.17) is 4.74 Å². The minimum Gasteiger partial charge on any atom is -0.492 e. The van der Waals surface area contributed by atoms with Crippen molar-refractivity contribution in [2.45, 2.75) is 25.2 Å². The third-order valence-electron chi connectivity index (χ3n) is 4.71. The second kappa shape index (κ2) is 5.68. The lowest BCUT2D eigenvalue weighted by atomic mass is 10.1. The van der Waals surface area contributed by atoms with Crippen molar-refractivity contribution in [3.8, 4) is 5.75 Å². The summed E-state index contributed by atoms with van der Waals surface area (Å²) in [5.74, 6) is 2.18. The van der Waals surface area contributed by atoms with Gasteiger partial charge in [-0.1, -0.05) is 0 Å². The van der Waals surface area contributed by atoms with Crippen LogP contribution in [-0.4, -0.2) is 45.0 Å². The summed E-state index contributed by atoms with van der Waals surface area (Å²) in [6.45, 7) is 2.20. The van der Waals surface area contributed by atoms with Crippen LogP contribution in [0.25, 0.3) is 0 Å². The third kappa shape index (κ3) is 2.58. The molecule has 1 atom stereocenters. The van der Waals surface area contributed by atoms with Gasteiger partial charge in [0.15, 0.2) is 0 Å². The van der Waals surface area contributed by atoms with Crippen LogP contribution in [0.2, 0.25) is 0 Å². The van der Waals surface area contributed by atoms with Gasteiger partial charge in [-0.05, 0) is 30.9 Å². The standard InChI is InChI=1S/C17H20N4O2/c1-20-7-5-18-16(20)13-4-6-21(11-13)17(22)14-9-12-3-2-8-23-15(12)10-19-14/h5,7,9-10,13H,2-4,6,8,11H2,1H3. The van der Waals surface area contributed by atoms with Crippen LogP contribution in [0.4, 0.5) is 0 Å². The molecule has 1 amide bonds. The maximum atomic E-state index is 12.7. The van der Waals surface area contributed by atoms with Crippen molar-refractivity contribution in [1.82, 2.24) is 19.4 Å². The number of carbonyl (C=O) groups excluding carboxylic acids is 1. The molecule has 0 spiro atoms. The SMILES string of the molecule is Cn1ccnc1C1CCN(C(=O)c2cc3c(cn2)OCCC3)C1. The molecule has 1 unspecified atom stereocenters. The Labute approximate surface area is 135 Å². The molecule has 6 heteroatoms. The molecule has 6 nitrogen and oxygen atoms in total. The zero-order valence-electron chi connectivity index (χ0n) is 13.2. The fourth-order valence-corrected chi connectivity index (χ4v) is 3.46. The van der Waals surface area contributed by atoms with Gasteiger partial charge >= 0.3 is 0 Å². The number of imidazole rings is 1. The van der Waals surface area contributed by atoms with Crippen molar-refractivity contribution >= 4 is 5.91 Å². The molecule has 23 heavy (non-hydrogen) atoms. The average Bonchev–Trinajstić information content (AvgIpc) is 3.22. The fraction of sp³-hybridized carbons (Fsp3) is 0.471. The number of rotatable bonds is 2. The van der Waals surface area contributed by atoms with E-state index in [0.717, 1.165) is 49.6 Å². The van der Waals surface area contributed by atoms with Crippen LogP contribution in [0.3, 0.4) is 0 Å². The molecule has 0 aromatic carbocycles. The fourth-order valence-electron chi connectivity index (χ4n) is 3.46. The first-order chi connectivity index (χ1) is 11.2. The van der Waals surface area contributed by atoms with Gasteiger partial charge in [-0.25, -0.2) is 9.97 Å².